The number of nitrogens with one attached hydrogen (secondary N) is 1. The summed E-state index contributed by atoms with van der Waals surface area (Å²) < 4.78 is 5.65. The van der Waals surface area contributed by atoms with Crippen molar-refractivity contribution in [3.05, 3.63) is 0 Å². The minimum absolute atomic E-state index is 0.235. The average Bonchev–Trinajstić information content (AvgIpc) is 2.78. The van der Waals surface area contributed by atoms with Gasteiger partial charge in [0, 0.05) is 31.7 Å². The van der Waals surface area contributed by atoms with Gasteiger partial charge >= 0.3 is 0 Å². The fourth-order valence-electron chi connectivity index (χ4n) is 2.80. The van der Waals surface area contributed by atoms with Gasteiger partial charge in [-0.05, 0) is 31.8 Å². The van der Waals surface area contributed by atoms with Gasteiger partial charge in [0.15, 0.2) is 0 Å². The maximum absolute atomic E-state index is 9.18. The van der Waals surface area contributed by atoms with E-state index in [1.807, 2.05) is 0 Å². The molecule has 0 saturated carbocycles. The standard InChI is InChI=1S/C15H32N2O2/c1-4-6-17(7-8-18)12-15(5-9-19-13-15)11-16-10-14(2)3/h14,16,18H,4-13H2,1-3H3. The number of aliphatic hydroxyl groups is 1. The van der Waals surface area contributed by atoms with Gasteiger partial charge in [0.1, 0.15) is 0 Å². The first-order valence-corrected chi connectivity index (χ1v) is 7.73. The lowest BCUT2D eigenvalue weighted by atomic mass is 9.86. The Labute approximate surface area is 118 Å². The molecule has 1 aliphatic heterocycles. The van der Waals surface area contributed by atoms with Crippen molar-refractivity contribution in [2.45, 2.75) is 33.6 Å². The monoisotopic (exact) mass is 272 g/mol. The first-order chi connectivity index (χ1) is 9.12. The molecule has 1 saturated heterocycles. The van der Waals surface area contributed by atoms with Gasteiger partial charge in [-0.15, -0.1) is 0 Å². The first-order valence-electron chi connectivity index (χ1n) is 7.73. The van der Waals surface area contributed by atoms with Gasteiger partial charge < -0.3 is 20.1 Å². The van der Waals surface area contributed by atoms with E-state index in [-0.39, 0.29) is 12.0 Å². The third kappa shape index (κ3) is 6.21. The second-order valence-corrected chi connectivity index (χ2v) is 6.33. The molecule has 0 bridgehead atoms. The molecule has 0 aliphatic carbocycles. The molecule has 1 fully saturated rings. The first kappa shape index (κ1) is 16.9. The van der Waals surface area contributed by atoms with Crippen LogP contribution in [0.15, 0.2) is 0 Å². The summed E-state index contributed by atoms with van der Waals surface area (Å²) in [6.45, 7) is 13.6. The summed E-state index contributed by atoms with van der Waals surface area (Å²) in [6.07, 6.45) is 2.26. The molecule has 0 amide bonds. The number of ether oxygens (including phenoxy) is 1. The lowest BCUT2D eigenvalue weighted by Crippen LogP contribution is -2.46. The van der Waals surface area contributed by atoms with Gasteiger partial charge in [0.2, 0.25) is 0 Å². The maximum atomic E-state index is 9.18. The van der Waals surface area contributed by atoms with Crippen LogP contribution in [0.3, 0.4) is 0 Å². The number of rotatable bonds is 10. The molecule has 1 aliphatic rings. The van der Waals surface area contributed by atoms with Gasteiger partial charge in [-0.2, -0.15) is 0 Å². The Bertz CT molecular complexity index is 222. The SMILES string of the molecule is CCCN(CCO)CC1(CNCC(C)C)CCOC1. The van der Waals surface area contributed by atoms with Crippen LogP contribution in [-0.4, -0.2) is 62.6 Å². The zero-order valence-electron chi connectivity index (χ0n) is 13.0. The van der Waals surface area contributed by atoms with Gasteiger partial charge in [-0.1, -0.05) is 20.8 Å². The molecule has 0 aromatic rings. The summed E-state index contributed by atoms with van der Waals surface area (Å²) in [4.78, 5) is 2.38. The van der Waals surface area contributed by atoms with Crippen molar-refractivity contribution in [2.24, 2.45) is 11.3 Å². The van der Waals surface area contributed by atoms with Crippen molar-refractivity contribution < 1.29 is 9.84 Å². The molecule has 0 aromatic carbocycles. The number of aliphatic hydroxyl groups excluding tert-OH is 1. The Morgan fingerprint density at radius 2 is 2.16 bits per heavy atom. The van der Waals surface area contributed by atoms with E-state index in [1.165, 1.54) is 0 Å². The molecule has 1 unspecified atom stereocenters. The zero-order chi connectivity index (χ0) is 14.1. The second-order valence-electron chi connectivity index (χ2n) is 6.33. The Kier molecular flexibility index (Phi) is 7.91. The van der Waals surface area contributed by atoms with Crippen molar-refractivity contribution in [3.8, 4) is 0 Å². The summed E-state index contributed by atoms with van der Waals surface area (Å²) >= 11 is 0. The largest absolute Gasteiger partial charge is 0.395 e. The minimum atomic E-state index is 0.235. The Morgan fingerprint density at radius 3 is 2.68 bits per heavy atom. The van der Waals surface area contributed by atoms with Crippen LogP contribution in [0.2, 0.25) is 0 Å². The normalized spacial score (nSPS) is 23.7. The Balaban J connectivity index is 2.49. The molecule has 19 heavy (non-hydrogen) atoms. The molecule has 0 spiro atoms. The summed E-state index contributed by atoms with van der Waals surface area (Å²) in [5.41, 5.74) is 0.235. The highest BCUT2D eigenvalue weighted by atomic mass is 16.5. The van der Waals surface area contributed by atoms with Crippen LogP contribution in [0.1, 0.15) is 33.6 Å². The van der Waals surface area contributed by atoms with E-state index >= 15 is 0 Å². The van der Waals surface area contributed by atoms with Gasteiger partial charge in [-0.3, -0.25) is 0 Å². The third-order valence-corrected chi connectivity index (χ3v) is 3.75. The highest BCUT2D eigenvalue weighted by molar-refractivity contribution is 4.88. The number of hydrogen-bond donors (Lipinski definition) is 2. The number of hydrogen-bond acceptors (Lipinski definition) is 4. The molecule has 1 heterocycles. The van der Waals surface area contributed by atoms with E-state index in [9.17, 15) is 5.11 Å². The molecule has 4 nitrogen and oxygen atoms in total. The van der Waals surface area contributed by atoms with Crippen molar-refractivity contribution in [1.82, 2.24) is 10.2 Å². The molecule has 1 rings (SSSR count). The second kappa shape index (κ2) is 8.90. The highest BCUT2D eigenvalue weighted by Gasteiger charge is 2.36. The van der Waals surface area contributed by atoms with E-state index in [0.717, 1.165) is 58.8 Å². The average molecular weight is 272 g/mol. The smallest absolute Gasteiger partial charge is 0.0558 e. The molecule has 0 radical (unpaired) electrons. The maximum Gasteiger partial charge on any atom is 0.0558 e. The summed E-state index contributed by atoms with van der Waals surface area (Å²) in [5.74, 6) is 0.684. The fraction of sp³-hybridized carbons (Fsp3) is 1.00. The topological polar surface area (TPSA) is 44.7 Å². The minimum Gasteiger partial charge on any atom is -0.395 e. The van der Waals surface area contributed by atoms with Crippen LogP contribution >= 0.6 is 0 Å². The summed E-state index contributed by atoms with van der Waals surface area (Å²) in [6, 6.07) is 0. The molecular weight excluding hydrogens is 240 g/mol. The van der Waals surface area contributed by atoms with E-state index in [4.69, 9.17) is 4.74 Å². The highest BCUT2D eigenvalue weighted by Crippen LogP contribution is 2.29. The van der Waals surface area contributed by atoms with Crippen molar-refractivity contribution >= 4 is 0 Å². The predicted octanol–water partition coefficient (Wildman–Crippen LogP) is 1.34. The van der Waals surface area contributed by atoms with Gasteiger partial charge in [-0.25, -0.2) is 0 Å². The Morgan fingerprint density at radius 1 is 1.37 bits per heavy atom. The summed E-state index contributed by atoms with van der Waals surface area (Å²) in [5, 5.41) is 12.8. The van der Waals surface area contributed by atoms with Crippen molar-refractivity contribution in [3.63, 3.8) is 0 Å². The predicted molar refractivity (Wildman–Crippen MR) is 79.4 cm³/mol. The molecule has 4 heteroatoms. The quantitative estimate of drug-likeness (QED) is 0.630. The van der Waals surface area contributed by atoms with Crippen LogP contribution in [0.25, 0.3) is 0 Å². The lowest BCUT2D eigenvalue weighted by molar-refractivity contribution is 0.0962. The van der Waals surface area contributed by atoms with E-state index in [2.05, 4.69) is 31.0 Å². The van der Waals surface area contributed by atoms with Crippen LogP contribution in [0.4, 0.5) is 0 Å². The van der Waals surface area contributed by atoms with Gasteiger partial charge in [0.25, 0.3) is 0 Å². The van der Waals surface area contributed by atoms with E-state index in [0.29, 0.717) is 5.92 Å². The van der Waals surface area contributed by atoms with E-state index in [1.54, 1.807) is 0 Å². The summed E-state index contributed by atoms with van der Waals surface area (Å²) in [7, 11) is 0. The molecule has 1 atom stereocenters. The van der Waals surface area contributed by atoms with Crippen LogP contribution in [-0.2, 0) is 4.74 Å². The van der Waals surface area contributed by atoms with E-state index < -0.39 is 0 Å². The lowest BCUT2D eigenvalue weighted by Gasteiger charge is -2.34. The van der Waals surface area contributed by atoms with Crippen molar-refractivity contribution in [1.29, 1.82) is 0 Å². The third-order valence-electron chi connectivity index (χ3n) is 3.75. The molecule has 114 valence electrons. The molecule has 2 N–H and O–H groups in total. The zero-order valence-corrected chi connectivity index (χ0v) is 13.0. The van der Waals surface area contributed by atoms with Crippen LogP contribution in [0.5, 0.6) is 0 Å². The van der Waals surface area contributed by atoms with Gasteiger partial charge in [0.05, 0.1) is 13.2 Å². The number of nitrogens with zero attached hydrogens (tertiary/aromatic N) is 1. The van der Waals surface area contributed by atoms with Crippen molar-refractivity contribution in [2.75, 3.05) is 52.5 Å². The fourth-order valence-corrected chi connectivity index (χ4v) is 2.80. The van der Waals surface area contributed by atoms with Crippen LogP contribution < -0.4 is 5.32 Å². The molecular formula is C15H32N2O2. The molecule has 0 aromatic heterocycles. The Hall–Kier alpha value is -0.160. The van der Waals surface area contributed by atoms with Crippen LogP contribution in [0, 0.1) is 11.3 Å².